The van der Waals surface area contributed by atoms with Crippen LogP contribution in [0, 0.1) is 0 Å². The molecule has 0 radical (unpaired) electrons. The number of rotatable bonds is 4. The van der Waals surface area contributed by atoms with Gasteiger partial charge < -0.3 is 10.0 Å². The number of hydrogen-bond donors (Lipinski definition) is 1. The molecule has 1 aliphatic rings. The average Bonchev–Trinajstić information content (AvgIpc) is 3.06. The number of Topliss-reactive ketones (excluding diaryl/α,β-unsaturated/α-hetero) is 1. The molecule has 1 N–H and O–H groups in total. The second-order valence-electron chi connectivity index (χ2n) is 7.46. The number of hydrogen-bond acceptors (Lipinski definition) is 5. The molecule has 32 heavy (non-hydrogen) atoms. The van der Waals surface area contributed by atoms with Crippen LogP contribution in [0.15, 0.2) is 72.4 Å². The van der Waals surface area contributed by atoms with Gasteiger partial charge >= 0.3 is 0 Å². The summed E-state index contributed by atoms with van der Waals surface area (Å²) in [6.07, 6.45) is 1.57. The lowest BCUT2D eigenvalue weighted by Gasteiger charge is -2.25. The second kappa shape index (κ2) is 8.65. The average molecular weight is 468 g/mol. The third-order valence-electron chi connectivity index (χ3n) is 5.25. The summed E-state index contributed by atoms with van der Waals surface area (Å²) in [5.41, 5.74) is 2.12. The summed E-state index contributed by atoms with van der Waals surface area (Å²) in [4.78, 5) is 33.9. The third-order valence-corrected chi connectivity index (χ3v) is 5.99. The SMILES string of the molecule is CN(C)c1ccc(N2C(=O)C(=O)/C(=C(\O)c3ccc(Cl)c(Cl)c3)C2c2ccccn2)cc1. The van der Waals surface area contributed by atoms with E-state index in [1.54, 1.807) is 42.6 Å². The Morgan fingerprint density at radius 1 is 1.00 bits per heavy atom. The maximum Gasteiger partial charge on any atom is 0.300 e. The summed E-state index contributed by atoms with van der Waals surface area (Å²) in [5, 5.41) is 11.6. The fourth-order valence-electron chi connectivity index (χ4n) is 3.63. The Morgan fingerprint density at radius 3 is 2.31 bits per heavy atom. The summed E-state index contributed by atoms with van der Waals surface area (Å²) in [5.74, 6) is -1.90. The van der Waals surface area contributed by atoms with Gasteiger partial charge in [0.05, 0.1) is 21.3 Å². The summed E-state index contributed by atoms with van der Waals surface area (Å²) in [6, 6.07) is 16.0. The number of aliphatic hydroxyl groups is 1. The lowest BCUT2D eigenvalue weighted by Crippen LogP contribution is -2.29. The Labute approximate surface area is 195 Å². The van der Waals surface area contributed by atoms with Crippen LogP contribution in [0.4, 0.5) is 11.4 Å². The molecular weight excluding hydrogens is 449 g/mol. The van der Waals surface area contributed by atoms with Crippen molar-refractivity contribution in [1.82, 2.24) is 4.98 Å². The van der Waals surface area contributed by atoms with E-state index in [2.05, 4.69) is 4.98 Å². The van der Waals surface area contributed by atoms with Crippen molar-refractivity contribution < 1.29 is 14.7 Å². The van der Waals surface area contributed by atoms with Crippen molar-refractivity contribution >= 4 is 52.0 Å². The number of ketones is 1. The molecule has 2 aromatic carbocycles. The standard InChI is InChI=1S/C24H19Cl2N3O3/c1-28(2)15-7-9-16(10-8-15)29-21(19-5-3-4-12-27-19)20(23(31)24(29)32)22(30)14-6-11-17(25)18(26)13-14/h3-13,21,30H,1-2H3/b22-20-. The van der Waals surface area contributed by atoms with E-state index >= 15 is 0 Å². The number of aliphatic hydroxyl groups excluding tert-OH is 1. The number of nitrogens with zero attached hydrogens (tertiary/aromatic N) is 3. The topological polar surface area (TPSA) is 73.7 Å². The van der Waals surface area contributed by atoms with E-state index in [9.17, 15) is 14.7 Å². The van der Waals surface area contributed by atoms with Crippen molar-refractivity contribution in [2.75, 3.05) is 23.9 Å². The summed E-state index contributed by atoms with van der Waals surface area (Å²) < 4.78 is 0. The highest BCUT2D eigenvalue weighted by Crippen LogP contribution is 2.42. The number of pyridine rings is 1. The minimum atomic E-state index is -0.907. The fraction of sp³-hybridized carbons (Fsp3) is 0.125. The molecule has 6 nitrogen and oxygen atoms in total. The Balaban J connectivity index is 1.90. The summed E-state index contributed by atoms with van der Waals surface area (Å²) in [7, 11) is 3.82. The van der Waals surface area contributed by atoms with Gasteiger partial charge in [-0.05, 0) is 54.6 Å². The predicted octanol–water partition coefficient (Wildman–Crippen LogP) is 5.08. The molecule has 1 saturated heterocycles. The Bertz CT molecular complexity index is 1220. The Morgan fingerprint density at radius 2 is 1.72 bits per heavy atom. The molecule has 1 fully saturated rings. The van der Waals surface area contributed by atoms with Crippen LogP contribution in [0.2, 0.25) is 10.0 Å². The molecule has 1 aromatic heterocycles. The molecule has 2 heterocycles. The van der Waals surface area contributed by atoms with Crippen LogP contribution in [0.3, 0.4) is 0 Å². The quantitative estimate of drug-likeness (QED) is 0.329. The largest absolute Gasteiger partial charge is 0.507 e. The van der Waals surface area contributed by atoms with Crippen LogP contribution in [-0.2, 0) is 9.59 Å². The second-order valence-corrected chi connectivity index (χ2v) is 8.28. The van der Waals surface area contributed by atoms with Crippen LogP contribution in [0.1, 0.15) is 17.3 Å². The molecule has 0 saturated carbocycles. The van der Waals surface area contributed by atoms with E-state index in [1.165, 1.54) is 17.0 Å². The van der Waals surface area contributed by atoms with E-state index in [0.29, 0.717) is 16.4 Å². The van der Waals surface area contributed by atoms with Crippen molar-refractivity contribution in [3.8, 4) is 0 Å². The van der Waals surface area contributed by atoms with E-state index in [1.807, 2.05) is 31.1 Å². The molecule has 0 spiro atoms. The van der Waals surface area contributed by atoms with Gasteiger partial charge in [0.2, 0.25) is 0 Å². The smallest absolute Gasteiger partial charge is 0.300 e. The lowest BCUT2D eigenvalue weighted by atomic mass is 9.98. The zero-order chi connectivity index (χ0) is 23.0. The van der Waals surface area contributed by atoms with Gasteiger partial charge in [-0.15, -0.1) is 0 Å². The normalized spacial score (nSPS) is 17.6. The minimum Gasteiger partial charge on any atom is -0.507 e. The number of benzene rings is 2. The van der Waals surface area contributed by atoms with Crippen molar-refractivity contribution in [2.24, 2.45) is 0 Å². The van der Waals surface area contributed by atoms with Gasteiger partial charge in [0.15, 0.2) is 0 Å². The van der Waals surface area contributed by atoms with Crippen molar-refractivity contribution in [2.45, 2.75) is 6.04 Å². The molecule has 0 bridgehead atoms. The highest BCUT2D eigenvalue weighted by molar-refractivity contribution is 6.51. The van der Waals surface area contributed by atoms with Gasteiger partial charge in [-0.3, -0.25) is 19.5 Å². The van der Waals surface area contributed by atoms with E-state index < -0.39 is 17.7 Å². The van der Waals surface area contributed by atoms with Crippen molar-refractivity contribution in [1.29, 1.82) is 0 Å². The van der Waals surface area contributed by atoms with Crippen LogP contribution in [0.25, 0.3) is 5.76 Å². The number of carbonyl (C=O) groups excluding carboxylic acids is 2. The first-order valence-corrected chi connectivity index (χ1v) is 10.5. The highest BCUT2D eigenvalue weighted by Gasteiger charge is 2.47. The van der Waals surface area contributed by atoms with Gasteiger partial charge in [0.25, 0.3) is 11.7 Å². The Hall–Kier alpha value is -3.35. The predicted molar refractivity (Wildman–Crippen MR) is 126 cm³/mol. The first-order valence-electron chi connectivity index (χ1n) is 9.74. The molecule has 3 aromatic rings. The maximum atomic E-state index is 13.1. The number of halogens is 2. The number of carbonyl (C=O) groups is 2. The van der Waals surface area contributed by atoms with Gasteiger partial charge in [-0.2, -0.15) is 0 Å². The highest BCUT2D eigenvalue weighted by atomic mass is 35.5. The van der Waals surface area contributed by atoms with E-state index in [-0.39, 0.29) is 21.9 Å². The van der Waals surface area contributed by atoms with Gasteiger partial charge in [-0.1, -0.05) is 29.3 Å². The molecule has 1 atom stereocenters. The first kappa shape index (κ1) is 21.9. The molecule has 0 aliphatic carbocycles. The third kappa shape index (κ3) is 3.83. The van der Waals surface area contributed by atoms with E-state index in [0.717, 1.165) is 5.69 Å². The van der Waals surface area contributed by atoms with Gasteiger partial charge in [0, 0.05) is 37.2 Å². The number of aromatic nitrogens is 1. The maximum absolute atomic E-state index is 13.1. The molecule has 1 aliphatic heterocycles. The minimum absolute atomic E-state index is 0.0659. The van der Waals surface area contributed by atoms with Crippen LogP contribution in [0.5, 0.6) is 0 Å². The number of amides is 1. The van der Waals surface area contributed by atoms with Crippen LogP contribution in [-0.4, -0.2) is 35.9 Å². The van der Waals surface area contributed by atoms with Gasteiger partial charge in [0.1, 0.15) is 11.8 Å². The lowest BCUT2D eigenvalue weighted by molar-refractivity contribution is -0.132. The molecule has 4 rings (SSSR count). The van der Waals surface area contributed by atoms with Gasteiger partial charge in [-0.25, -0.2) is 0 Å². The zero-order valence-electron chi connectivity index (χ0n) is 17.3. The molecule has 1 amide bonds. The number of anilines is 2. The first-order chi connectivity index (χ1) is 15.3. The molecule has 8 heteroatoms. The zero-order valence-corrected chi connectivity index (χ0v) is 18.8. The summed E-state index contributed by atoms with van der Waals surface area (Å²) >= 11 is 12.1. The van der Waals surface area contributed by atoms with Crippen molar-refractivity contribution in [3.05, 3.63) is 93.7 Å². The molecule has 162 valence electrons. The summed E-state index contributed by atoms with van der Waals surface area (Å²) in [6.45, 7) is 0. The van der Waals surface area contributed by atoms with Crippen LogP contribution < -0.4 is 9.80 Å². The molecule has 1 unspecified atom stereocenters. The Kier molecular flexibility index (Phi) is 5.91. The van der Waals surface area contributed by atoms with E-state index in [4.69, 9.17) is 23.2 Å². The fourth-order valence-corrected chi connectivity index (χ4v) is 3.92. The van der Waals surface area contributed by atoms with Crippen molar-refractivity contribution in [3.63, 3.8) is 0 Å². The molecular formula is C24H19Cl2N3O3. The monoisotopic (exact) mass is 467 g/mol. The van der Waals surface area contributed by atoms with Crippen LogP contribution >= 0.6 is 23.2 Å².